The van der Waals surface area contributed by atoms with Gasteiger partial charge in [0.05, 0.1) is 17.4 Å². The van der Waals surface area contributed by atoms with Crippen molar-refractivity contribution < 1.29 is 24.2 Å². The topological polar surface area (TPSA) is 148 Å². The Hall–Kier alpha value is -3.87. The molecule has 0 aromatic carbocycles. The van der Waals surface area contributed by atoms with Gasteiger partial charge < -0.3 is 14.4 Å². The van der Waals surface area contributed by atoms with Crippen molar-refractivity contribution in [2.75, 3.05) is 0 Å². The highest BCUT2D eigenvalue weighted by Gasteiger charge is 2.70. The van der Waals surface area contributed by atoms with E-state index in [2.05, 4.69) is 64.6 Å². The predicted molar refractivity (Wildman–Crippen MR) is 208 cm³/mol. The Morgan fingerprint density at radius 3 is 2.36 bits per heavy atom. The highest BCUT2D eigenvalue weighted by Crippen LogP contribution is 2.77. The molecule has 0 spiro atoms. The van der Waals surface area contributed by atoms with Crippen molar-refractivity contribution in [3.8, 4) is 17.6 Å². The molecule has 0 unspecified atom stereocenters. The molecule has 10 nitrogen and oxygen atoms in total. The second-order valence-electron chi connectivity index (χ2n) is 20.4. The summed E-state index contributed by atoms with van der Waals surface area (Å²) in [5.74, 6) is 1.72. The van der Waals surface area contributed by atoms with Crippen molar-refractivity contribution in [3.05, 3.63) is 40.9 Å². The van der Waals surface area contributed by atoms with Crippen LogP contribution in [0, 0.1) is 67.5 Å². The van der Waals surface area contributed by atoms with E-state index in [1.54, 1.807) is 26.1 Å². The highest BCUT2D eigenvalue weighted by atomic mass is 16.5. The number of carbonyl (C=O) groups is 3. The third-order valence-corrected chi connectivity index (χ3v) is 16.5. The third-order valence-electron chi connectivity index (χ3n) is 16.5. The van der Waals surface area contributed by atoms with Crippen LogP contribution in [0.4, 0.5) is 0 Å². The third kappa shape index (κ3) is 5.83. The van der Waals surface area contributed by atoms with Crippen LogP contribution in [-0.2, 0) is 32.6 Å². The Kier molecular flexibility index (Phi) is 9.37. The number of aliphatic carboxylic acids is 1. The summed E-state index contributed by atoms with van der Waals surface area (Å²) in [6.45, 7) is 19.8. The first-order chi connectivity index (χ1) is 25.6. The first-order valence-corrected chi connectivity index (χ1v) is 20.6. The van der Waals surface area contributed by atoms with Gasteiger partial charge in [-0.1, -0.05) is 54.0 Å². The summed E-state index contributed by atoms with van der Waals surface area (Å²) in [6.07, 6.45) is 10.4. The number of nitriles is 1. The molecule has 4 fully saturated rings. The van der Waals surface area contributed by atoms with Crippen LogP contribution in [0.5, 0.6) is 0 Å². The number of carbonyl (C=O) groups excluding carboxylic acids is 2. The molecular formula is C45H61N5O5. The van der Waals surface area contributed by atoms with Crippen LogP contribution in [0.1, 0.15) is 138 Å². The van der Waals surface area contributed by atoms with E-state index < -0.39 is 17.4 Å². The van der Waals surface area contributed by atoms with Gasteiger partial charge in [0.2, 0.25) is 0 Å². The fourth-order valence-electron chi connectivity index (χ4n) is 13.4. The molecule has 5 aliphatic rings. The van der Waals surface area contributed by atoms with E-state index in [-0.39, 0.29) is 45.5 Å². The first-order valence-electron chi connectivity index (χ1n) is 20.6. The fraction of sp³-hybridized carbons (Fsp3) is 0.711. The quantitative estimate of drug-likeness (QED) is 0.262. The van der Waals surface area contributed by atoms with Crippen molar-refractivity contribution in [3.63, 3.8) is 0 Å². The second-order valence-corrected chi connectivity index (χ2v) is 20.4. The molecule has 2 aromatic heterocycles. The molecule has 0 aliphatic heterocycles. The summed E-state index contributed by atoms with van der Waals surface area (Å²) in [5, 5.41) is 28.2. The number of nitrogens with zero attached hydrogens (tertiary/aromatic N) is 5. The van der Waals surface area contributed by atoms with Crippen molar-refractivity contribution in [1.82, 2.24) is 19.7 Å². The second kappa shape index (κ2) is 13.1. The van der Waals surface area contributed by atoms with E-state index in [0.29, 0.717) is 53.5 Å². The number of carboxylic acid groups (broad SMARTS) is 1. The van der Waals surface area contributed by atoms with Gasteiger partial charge in [-0.3, -0.25) is 19.4 Å². The molecular weight excluding hydrogens is 691 g/mol. The van der Waals surface area contributed by atoms with Crippen molar-refractivity contribution >= 4 is 17.7 Å². The Labute approximate surface area is 326 Å². The van der Waals surface area contributed by atoms with Gasteiger partial charge in [0, 0.05) is 36.9 Å². The molecule has 0 bridgehead atoms. The molecule has 4 saturated carbocycles. The molecule has 8 atom stereocenters. The van der Waals surface area contributed by atoms with Crippen LogP contribution in [0.15, 0.2) is 29.5 Å². The lowest BCUT2D eigenvalue weighted by atomic mass is 9.33. The van der Waals surface area contributed by atoms with Gasteiger partial charge in [0.25, 0.3) is 0 Å². The normalized spacial score (nSPS) is 35.3. The van der Waals surface area contributed by atoms with E-state index in [1.165, 1.54) is 5.57 Å². The predicted octanol–water partition coefficient (Wildman–Crippen LogP) is 8.68. The lowest BCUT2D eigenvalue weighted by Gasteiger charge is -2.72. The largest absolute Gasteiger partial charge is 0.481 e. The zero-order chi connectivity index (χ0) is 40.1. The average Bonchev–Trinajstić information content (AvgIpc) is 3.61. The van der Waals surface area contributed by atoms with Crippen LogP contribution in [0.3, 0.4) is 0 Å². The smallest absolute Gasteiger partial charge is 0.309 e. The number of pyridine rings is 1. The first kappa shape index (κ1) is 39.4. The van der Waals surface area contributed by atoms with Gasteiger partial charge in [-0.15, -0.1) is 10.2 Å². The summed E-state index contributed by atoms with van der Waals surface area (Å²) >= 11 is 0. The molecule has 2 heterocycles. The number of hydrogen-bond donors (Lipinski definition) is 1. The Bertz CT molecular complexity index is 1990. The van der Waals surface area contributed by atoms with E-state index in [9.17, 15) is 24.8 Å². The minimum atomic E-state index is -1.17. The molecule has 0 amide bonds. The van der Waals surface area contributed by atoms with E-state index >= 15 is 0 Å². The van der Waals surface area contributed by atoms with Crippen molar-refractivity contribution in [2.24, 2.45) is 63.2 Å². The van der Waals surface area contributed by atoms with Crippen LogP contribution >= 0.6 is 0 Å². The maximum Gasteiger partial charge on any atom is 0.309 e. The fourth-order valence-corrected chi connectivity index (χ4v) is 13.4. The van der Waals surface area contributed by atoms with E-state index in [0.717, 1.165) is 62.8 Å². The molecule has 5 aliphatic carbocycles. The number of rotatable bonds is 8. The molecule has 10 heteroatoms. The summed E-state index contributed by atoms with van der Waals surface area (Å²) < 4.78 is 8.21. The van der Waals surface area contributed by atoms with Crippen molar-refractivity contribution in [1.29, 1.82) is 5.26 Å². The van der Waals surface area contributed by atoms with E-state index in [1.807, 2.05) is 17.7 Å². The summed E-state index contributed by atoms with van der Waals surface area (Å²) in [6, 6.07) is 5.69. The number of aromatic nitrogens is 4. The van der Waals surface area contributed by atoms with Crippen molar-refractivity contribution in [2.45, 2.75) is 139 Å². The zero-order valence-corrected chi connectivity index (χ0v) is 34.7. The lowest BCUT2D eigenvalue weighted by Crippen LogP contribution is -2.65. The molecule has 0 radical (unpaired) electrons. The minimum absolute atomic E-state index is 0.0147. The number of Topliss-reactive ketones (excluding diaryl/α,β-unsaturated/α-hetero) is 1. The molecule has 0 saturated heterocycles. The van der Waals surface area contributed by atoms with Crippen LogP contribution in [0.2, 0.25) is 0 Å². The Morgan fingerprint density at radius 1 is 1.00 bits per heavy atom. The van der Waals surface area contributed by atoms with Crippen LogP contribution in [-0.4, -0.2) is 48.7 Å². The number of allylic oxidation sites excluding steroid dienone is 2. The van der Waals surface area contributed by atoms with Crippen LogP contribution in [0.25, 0.3) is 11.5 Å². The average molecular weight is 752 g/mol. The molecule has 296 valence electrons. The van der Waals surface area contributed by atoms with Gasteiger partial charge in [0.1, 0.15) is 23.7 Å². The number of carboxylic acids is 1. The standard InChI is InChI=1S/C45H61N5O5/c1-26(2)36-30(51)21-45(22-34-48-49-38(50(34)10)29-13-11-27(24-46)25-47-29)20-19-43(8)28(37(36)45)12-14-32-42(7)17-16-33(55-35(52)23-40(3,4)39(53)54)41(5,6)31(42)15-18-44(32,43)9/h11,13,25-26,28,31-33H,12,14-23H2,1-10H3,(H,53,54)/t28-,31+,32-,33+,42+,43-,44-,45+/m1/s1. The maximum atomic E-state index is 14.2. The summed E-state index contributed by atoms with van der Waals surface area (Å²) in [7, 11) is 1.98. The number of ether oxygens (including phenoxy) is 1. The molecule has 2 aromatic rings. The molecule has 7 rings (SSSR count). The summed E-state index contributed by atoms with van der Waals surface area (Å²) in [4.78, 5) is 43.6. The van der Waals surface area contributed by atoms with Gasteiger partial charge in [-0.25, -0.2) is 0 Å². The number of fused-ring (bicyclic) bond motifs is 7. The lowest BCUT2D eigenvalue weighted by molar-refractivity contribution is -0.233. The Morgan fingerprint density at radius 2 is 1.73 bits per heavy atom. The summed E-state index contributed by atoms with van der Waals surface area (Å²) in [5.41, 5.74) is 2.08. The number of ketones is 1. The Balaban J connectivity index is 1.18. The SMILES string of the molecule is CC(C)C1=C2[C@H]3CC[C@@H]4[C@@]5(C)CC[C@H](OC(=O)CC(C)(C)C(=O)O)C(C)(C)[C@@H]5CC[C@@]4(C)[C@]3(C)CC[C@@]2(Cc2nnc(-c3ccc(C#N)cn3)n2C)CC1=O. The molecule has 55 heavy (non-hydrogen) atoms. The van der Waals surface area contributed by atoms with Gasteiger partial charge >= 0.3 is 11.9 Å². The number of esters is 1. The zero-order valence-electron chi connectivity index (χ0n) is 34.7. The van der Waals surface area contributed by atoms with Gasteiger partial charge in [-0.2, -0.15) is 5.26 Å². The monoisotopic (exact) mass is 751 g/mol. The van der Waals surface area contributed by atoms with Gasteiger partial charge in [-0.05, 0) is 123 Å². The highest BCUT2D eigenvalue weighted by molar-refractivity contribution is 6.00. The van der Waals surface area contributed by atoms with E-state index in [4.69, 9.17) is 9.84 Å². The minimum Gasteiger partial charge on any atom is -0.481 e. The maximum absolute atomic E-state index is 14.2. The molecule has 1 N–H and O–H groups in total. The number of hydrogen-bond acceptors (Lipinski definition) is 8. The van der Waals surface area contributed by atoms with Crippen LogP contribution < -0.4 is 0 Å². The van der Waals surface area contributed by atoms with Gasteiger partial charge in [0.15, 0.2) is 11.6 Å².